The van der Waals surface area contributed by atoms with E-state index in [1.165, 1.54) is 11.1 Å². The first kappa shape index (κ1) is 14.3. The normalized spacial score (nSPS) is 15.2. The predicted molar refractivity (Wildman–Crippen MR) is 80.8 cm³/mol. The van der Waals surface area contributed by atoms with E-state index in [9.17, 15) is 0 Å². The maximum absolute atomic E-state index is 7.37. The molecule has 5 heteroatoms. The molecule has 2 rings (SSSR count). The van der Waals surface area contributed by atoms with Crippen molar-refractivity contribution in [1.82, 2.24) is 4.90 Å². The van der Waals surface area contributed by atoms with E-state index in [1.54, 1.807) is 0 Å². The largest absolute Gasteiger partial charge is 0.493 e. The minimum atomic E-state index is 0.232. The van der Waals surface area contributed by atoms with Gasteiger partial charge in [-0.3, -0.25) is 10.3 Å². The third-order valence-electron chi connectivity index (χ3n) is 3.51. The van der Waals surface area contributed by atoms with E-state index in [0.717, 1.165) is 29.8 Å². The molecule has 1 aliphatic heterocycles. The lowest BCUT2D eigenvalue weighted by molar-refractivity contribution is 0.249. The Labute approximate surface area is 122 Å². The summed E-state index contributed by atoms with van der Waals surface area (Å²) in [7, 11) is 2.05. The number of benzene rings is 1. The first-order chi connectivity index (χ1) is 8.97. The Balaban J connectivity index is 2.13. The Bertz CT molecular complexity index is 490. The van der Waals surface area contributed by atoms with Gasteiger partial charge in [-0.2, -0.15) is 0 Å². The molecule has 0 aromatic heterocycles. The summed E-state index contributed by atoms with van der Waals surface area (Å²) in [5, 5.41) is 7.37. The zero-order valence-corrected chi connectivity index (χ0v) is 13.0. The van der Waals surface area contributed by atoms with Gasteiger partial charge in [0.2, 0.25) is 0 Å². The van der Waals surface area contributed by atoms with Gasteiger partial charge >= 0.3 is 0 Å². The Morgan fingerprint density at radius 2 is 2.32 bits per heavy atom. The predicted octanol–water partition coefficient (Wildman–Crippen LogP) is 2.53. The van der Waals surface area contributed by atoms with Gasteiger partial charge in [0.15, 0.2) is 0 Å². The molecule has 0 saturated heterocycles. The van der Waals surface area contributed by atoms with Crippen molar-refractivity contribution in [3.8, 4) is 5.75 Å². The maximum atomic E-state index is 7.37. The van der Waals surface area contributed by atoms with Crippen molar-refractivity contribution in [3.63, 3.8) is 0 Å². The lowest BCUT2D eigenvalue weighted by Gasteiger charge is -2.25. The minimum Gasteiger partial charge on any atom is -0.493 e. The number of fused-ring (bicyclic) bond motifs is 1. The van der Waals surface area contributed by atoms with Gasteiger partial charge in [-0.25, -0.2) is 0 Å². The van der Waals surface area contributed by atoms with Crippen molar-refractivity contribution in [2.45, 2.75) is 32.4 Å². The van der Waals surface area contributed by atoms with Crippen LogP contribution in [-0.2, 0) is 13.0 Å². The number of hydrogen-bond acceptors (Lipinski definition) is 3. The number of amidine groups is 1. The summed E-state index contributed by atoms with van der Waals surface area (Å²) in [6, 6.07) is 4.49. The Morgan fingerprint density at radius 1 is 1.58 bits per heavy atom. The van der Waals surface area contributed by atoms with Gasteiger partial charge in [0.1, 0.15) is 5.75 Å². The average Bonchev–Trinajstić information content (AvgIpc) is 2.75. The van der Waals surface area contributed by atoms with Crippen LogP contribution in [0.3, 0.4) is 0 Å². The minimum absolute atomic E-state index is 0.232. The molecule has 3 N–H and O–H groups in total. The lowest BCUT2D eigenvalue weighted by Crippen LogP contribution is -2.32. The van der Waals surface area contributed by atoms with Crippen LogP contribution in [0.2, 0.25) is 0 Å². The number of nitrogens with one attached hydrogen (secondary N) is 1. The molecular weight excluding hydrogens is 306 g/mol. The third kappa shape index (κ3) is 3.48. The number of ether oxygens (including phenoxy) is 1. The van der Waals surface area contributed by atoms with Crippen molar-refractivity contribution >= 4 is 21.8 Å². The van der Waals surface area contributed by atoms with Gasteiger partial charge in [-0.15, -0.1) is 0 Å². The van der Waals surface area contributed by atoms with Gasteiger partial charge in [-0.05, 0) is 31.7 Å². The van der Waals surface area contributed by atoms with Gasteiger partial charge < -0.3 is 10.5 Å². The number of rotatable bonds is 5. The van der Waals surface area contributed by atoms with E-state index in [4.69, 9.17) is 15.9 Å². The molecule has 0 radical (unpaired) electrons. The summed E-state index contributed by atoms with van der Waals surface area (Å²) in [4.78, 5) is 2.20. The van der Waals surface area contributed by atoms with Crippen LogP contribution in [0.15, 0.2) is 16.6 Å². The summed E-state index contributed by atoms with van der Waals surface area (Å²) in [6.45, 7) is 3.65. The monoisotopic (exact) mass is 325 g/mol. The van der Waals surface area contributed by atoms with Crippen LogP contribution in [-0.4, -0.2) is 30.4 Å². The van der Waals surface area contributed by atoms with Crippen molar-refractivity contribution in [2.24, 2.45) is 5.73 Å². The highest BCUT2D eigenvalue weighted by atomic mass is 79.9. The summed E-state index contributed by atoms with van der Waals surface area (Å²) in [5.74, 6) is 1.26. The fourth-order valence-corrected chi connectivity index (χ4v) is 2.91. The van der Waals surface area contributed by atoms with E-state index >= 15 is 0 Å². The highest BCUT2D eigenvalue weighted by molar-refractivity contribution is 9.10. The molecular formula is C14H20BrN3O. The smallest absolute Gasteiger partial charge is 0.127 e. The molecule has 0 amide bonds. The molecule has 1 heterocycles. The number of nitrogens with two attached hydrogens (primary N) is 1. The zero-order valence-electron chi connectivity index (χ0n) is 11.4. The lowest BCUT2D eigenvalue weighted by atomic mass is 10.1. The Morgan fingerprint density at radius 3 is 3.00 bits per heavy atom. The quantitative estimate of drug-likeness (QED) is 0.646. The van der Waals surface area contributed by atoms with E-state index in [1.807, 2.05) is 0 Å². The standard InChI is InChI=1S/C14H20BrN3O/c1-9(5-13(16)17)18(2)8-11-7-12(15)6-10-3-4-19-14(10)11/h6-7,9H,3-5,8H2,1-2H3,(H3,16,17). The molecule has 0 fully saturated rings. The molecule has 19 heavy (non-hydrogen) atoms. The van der Waals surface area contributed by atoms with Crippen LogP contribution >= 0.6 is 15.9 Å². The summed E-state index contributed by atoms with van der Waals surface area (Å²) in [6.07, 6.45) is 1.57. The molecule has 0 bridgehead atoms. The second-order valence-corrected chi connectivity index (χ2v) is 6.06. The van der Waals surface area contributed by atoms with Crippen LogP contribution < -0.4 is 10.5 Å². The van der Waals surface area contributed by atoms with E-state index < -0.39 is 0 Å². The Hall–Kier alpha value is -1.07. The van der Waals surface area contributed by atoms with Crippen LogP contribution in [0.4, 0.5) is 0 Å². The van der Waals surface area contributed by atoms with Crippen LogP contribution in [0.25, 0.3) is 0 Å². The SMILES string of the molecule is CC(CC(=N)N)N(C)Cc1cc(Br)cc2c1OCC2. The van der Waals surface area contributed by atoms with Crippen LogP contribution in [0.5, 0.6) is 5.75 Å². The van der Waals surface area contributed by atoms with Crippen molar-refractivity contribution < 1.29 is 4.74 Å². The topological polar surface area (TPSA) is 62.3 Å². The Kier molecular flexibility index (Phi) is 4.47. The number of nitrogens with zero attached hydrogens (tertiary/aromatic N) is 1. The second-order valence-electron chi connectivity index (χ2n) is 5.15. The van der Waals surface area contributed by atoms with Gasteiger partial charge in [0.25, 0.3) is 0 Å². The van der Waals surface area contributed by atoms with Crippen molar-refractivity contribution in [1.29, 1.82) is 5.41 Å². The van der Waals surface area contributed by atoms with E-state index in [0.29, 0.717) is 6.42 Å². The molecule has 1 aliphatic rings. The highest BCUT2D eigenvalue weighted by Crippen LogP contribution is 2.33. The summed E-state index contributed by atoms with van der Waals surface area (Å²) < 4.78 is 6.83. The first-order valence-electron chi connectivity index (χ1n) is 6.44. The number of hydrogen-bond donors (Lipinski definition) is 2. The van der Waals surface area contributed by atoms with E-state index in [-0.39, 0.29) is 11.9 Å². The van der Waals surface area contributed by atoms with Crippen LogP contribution in [0, 0.1) is 5.41 Å². The van der Waals surface area contributed by atoms with Gasteiger partial charge in [0.05, 0.1) is 12.4 Å². The summed E-state index contributed by atoms with van der Waals surface area (Å²) in [5.41, 5.74) is 7.93. The first-order valence-corrected chi connectivity index (χ1v) is 7.24. The maximum Gasteiger partial charge on any atom is 0.127 e. The average molecular weight is 326 g/mol. The summed E-state index contributed by atoms with van der Waals surface area (Å²) >= 11 is 3.55. The molecule has 0 saturated carbocycles. The molecule has 0 aliphatic carbocycles. The second kappa shape index (κ2) is 5.92. The number of halogens is 1. The van der Waals surface area contributed by atoms with Crippen LogP contribution in [0.1, 0.15) is 24.5 Å². The third-order valence-corrected chi connectivity index (χ3v) is 3.97. The molecule has 4 nitrogen and oxygen atoms in total. The fraction of sp³-hybridized carbons (Fsp3) is 0.500. The molecule has 104 valence electrons. The highest BCUT2D eigenvalue weighted by Gasteiger charge is 2.20. The molecule has 1 aromatic rings. The molecule has 0 spiro atoms. The molecule has 1 unspecified atom stereocenters. The van der Waals surface area contributed by atoms with Crippen molar-refractivity contribution in [3.05, 3.63) is 27.7 Å². The van der Waals surface area contributed by atoms with Crippen molar-refractivity contribution in [2.75, 3.05) is 13.7 Å². The zero-order chi connectivity index (χ0) is 14.0. The van der Waals surface area contributed by atoms with Gasteiger partial charge in [-0.1, -0.05) is 15.9 Å². The van der Waals surface area contributed by atoms with Gasteiger partial charge in [0, 0.05) is 35.5 Å². The van der Waals surface area contributed by atoms with E-state index in [2.05, 4.69) is 46.9 Å². The molecule has 1 atom stereocenters. The fourth-order valence-electron chi connectivity index (χ4n) is 2.36. The molecule has 1 aromatic carbocycles.